The maximum atomic E-state index is 12.3. The first kappa shape index (κ1) is 13.3. The number of carbonyl (C=O) groups excluding carboxylic acids is 1. The van der Waals surface area contributed by atoms with Crippen LogP contribution in [0.4, 0.5) is 0 Å². The molecule has 1 unspecified atom stereocenters. The van der Waals surface area contributed by atoms with Gasteiger partial charge in [-0.2, -0.15) is 0 Å². The van der Waals surface area contributed by atoms with E-state index in [1.807, 2.05) is 0 Å². The van der Waals surface area contributed by atoms with Crippen molar-refractivity contribution < 1.29 is 14.3 Å². The van der Waals surface area contributed by atoms with E-state index in [1.165, 1.54) is 0 Å². The first-order valence-electron chi connectivity index (χ1n) is 5.98. The van der Waals surface area contributed by atoms with E-state index in [4.69, 9.17) is 32.7 Å². The van der Waals surface area contributed by atoms with Gasteiger partial charge >= 0.3 is 0 Å². The molecule has 3 nitrogen and oxygen atoms in total. The maximum Gasteiger partial charge on any atom is 0.231 e. The predicted octanol–water partition coefficient (Wildman–Crippen LogP) is 4.23. The van der Waals surface area contributed by atoms with E-state index >= 15 is 0 Å². The Bertz CT molecular complexity index is 653. The molecule has 0 aliphatic carbocycles. The van der Waals surface area contributed by atoms with Crippen LogP contribution in [0.25, 0.3) is 0 Å². The van der Waals surface area contributed by atoms with Crippen molar-refractivity contribution in [2.45, 2.75) is 5.38 Å². The first-order valence-corrected chi connectivity index (χ1v) is 6.80. The smallest absolute Gasteiger partial charge is 0.231 e. The molecule has 0 saturated carbocycles. The van der Waals surface area contributed by atoms with E-state index in [9.17, 15) is 4.79 Å². The highest BCUT2D eigenvalue weighted by molar-refractivity contribution is 6.34. The lowest BCUT2D eigenvalue weighted by Gasteiger charge is -2.10. The summed E-state index contributed by atoms with van der Waals surface area (Å²) in [7, 11) is 0. The lowest BCUT2D eigenvalue weighted by atomic mass is 10.0. The summed E-state index contributed by atoms with van der Waals surface area (Å²) < 4.78 is 10.5. The molecule has 0 radical (unpaired) electrons. The minimum atomic E-state index is -0.773. The maximum absolute atomic E-state index is 12.3. The van der Waals surface area contributed by atoms with Gasteiger partial charge in [0.2, 0.25) is 6.79 Å². The average Bonchev–Trinajstić information content (AvgIpc) is 2.94. The average molecular weight is 309 g/mol. The highest BCUT2D eigenvalue weighted by Crippen LogP contribution is 2.36. The molecule has 1 aliphatic heterocycles. The zero-order valence-corrected chi connectivity index (χ0v) is 11.8. The number of ether oxygens (including phenoxy) is 2. The molecule has 1 atom stereocenters. The molecule has 1 aliphatic rings. The summed E-state index contributed by atoms with van der Waals surface area (Å²) in [6.45, 7) is 0.191. The Morgan fingerprint density at radius 1 is 1.05 bits per heavy atom. The minimum Gasteiger partial charge on any atom is -0.454 e. The number of alkyl halides is 1. The van der Waals surface area contributed by atoms with Gasteiger partial charge in [-0.15, -0.1) is 11.6 Å². The van der Waals surface area contributed by atoms with Gasteiger partial charge in [-0.3, -0.25) is 4.79 Å². The molecular weight excluding hydrogens is 299 g/mol. The largest absolute Gasteiger partial charge is 0.454 e. The Labute approximate surface area is 126 Å². The molecule has 0 spiro atoms. The summed E-state index contributed by atoms with van der Waals surface area (Å²) in [5.74, 6) is 1.09. The van der Waals surface area contributed by atoms with Crippen molar-refractivity contribution in [3.05, 3.63) is 58.6 Å². The van der Waals surface area contributed by atoms with Crippen LogP contribution in [0.15, 0.2) is 42.5 Å². The van der Waals surface area contributed by atoms with Crippen LogP contribution in [0.2, 0.25) is 5.02 Å². The van der Waals surface area contributed by atoms with Gasteiger partial charge in [0.15, 0.2) is 17.3 Å². The van der Waals surface area contributed by atoms with Gasteiger partial charge in [0.1, 0.15) is 5.38 Å². The van der Waals surface area contributed by atoms with Crippen LogP contribution in [0.1, 0.15) is 21.3 Å². The molecule has 0 fully saturated rings. The summed E-state index contributed by atoms with van der Waals surface area (Å²) in [6.07, 6.45) is 0. The molecule has 0 bridgehead atoms. The number of halogens is 2. The number of benzene rings is 2. The van der Waals surface area contributed by atoms with Gasteiger partial charge in [-0.05, 0) is 42.0 Å². The minimum absolute atomic E-state index is 0.179. The van der Waals surface area contributed by atoms with Crippen LogP contribution < -0.4 is 9.47 Å². The Balaban J connectivity index is 1.86. The molecule has 20 heavy (non-hydrogen) atoms. The molecular formula is C15H10Cl2O3. The number of carbonyl (C=O) groups is 1. The zero-order valence-electron chi connectivity index (χ0n) is 10.3. The molecule has 0 aromatic heterocycles. The SMILES string of the molecule is O=C(c1ccc(Cl)cc1)C(Cl)c1ccc2c(c1)OCO2. The van der Waals surface area contributed by atoms with Crippen molar-refractivity contribution in [3.63, 3.8) is 0 Å². The second-order valence-corrected chi connectivity index (χ2v) is 5.22. The van der Waals surface area contributed by atoms with Gasteiger partial charge < -0.3 is 9.47 Å². The molecule has 1 heterocycles. The Morgan fingerprint density at radius 2 is 1.75 bits per heavy atom. The van der Waals surface area contributed by atoms with Gasteiger partial charge in [0.25, 0.3) is 0 Å². The Hall–Kier alpha value is -1.71. The summed E-state index contributed by atoms with van der Waals surface area (Å²) in [5.41, 5.74) is 1.20. The highest BCUT2D eigenvalue weighted by atomic mass is 35.5. The summed E-state index contributed by atoms with van der Waals surface area (Å²) >= 11 is 12.1. The number of hydrogen-bond acceptors (Lipinski definition) is 3. The van der Waals surface area contributed by atoms with E-state index < -0.39 is 5.38 Å². The van der Waals surface area contributed by atoms with Crippen LogP contribution in [0, 0.1) is 0 Å². The Morgan fingerprint density at radius 3 is 2.50 bits per heavy atom. The number of Topliss-reactive ketones (excluding diaryl/α,β-unsaturated/α-hetero) is 1. The van der Waals surface area contributed by atoms with E-state index in [-0.39, 0.29) is 12.6 Å². The van der Waals surface area contributed by atoms with Crippen LogP contribution in [-0.2, 0) is 0 Å². The lowest BCUT2D eigenvalue weighted by molar-refractivity contribution is 0.0987. The van der Waals surface area contributed by atoms with Crippen LogP contribution in [0.5, 0.6) is 11.5 Å². The van der Waals surface area contributed by atoms with Crippen LogP contribution in [-0.4, -0.2) is 12.6 Å². The number of rotatable bonds is 3. The van der Waals surface area contributed by atoms with Gasteiger partial charge in [0, 0.05) is 10.6 Å². The third-order valence-corrected chi connectivity index (χ3v) is 3.75. The quantitative estimate of drug-likeness (QED) is 0.628. The van der Waals surface area contributed by atoms with Gasteiger partial charge in [0.05, 0.1) is 0 Å². The van der Waals surface area contributed by atoms with Crippen LogP contribution in [0.3, 0.4) is 0 Å². The lowest BCUT2D eigenvalue weighted by Crippen LogP contribution is -2.07. The zero-order chi connectivity index (χ0) is 14.1. The fraction of sp³-hybridized carbons (Fsp3) is 0.133. The third kappa shape index (κ3) is 2.47. The third-order valence-electron chi connectivity index (χ3n) is 3.05. The van der Waals surface area contributed by atoms with Crippen molar-refractivity contribution in [1.29, 1.82) is 0 Å². The number of fused-ring (bicyclic) bond motifs is 1. The van der Waals surface area contributed by atoms with Crippen molar-refractivity contribution in [2.24, 2.45) is 0 Å². The highest BCUT2D eigenvalue weighted by Gasteiger charge is 2.22. The fourth-order valence-electron chi connectivity index (χ4n) is 1.98. The molecule has 2 aromatic carbocycles. The van der Waals surface area contributed by atoms with Gasteiger partial charge in [-0.25, -0.2) is 0 Å². The molecule has 0 N–H and O–H groups in total. The van der Waals surface area contributed by atoms with Crippen LogP contribution >= 0.6 is 23.2 Å². The predicted molar refractivity (Wildman–Crippen MR) is 76.9 cm³/mol. The van der Waals surface area contributed by atoms with Crippen molar-refractivity contribution in [1.82, 2.24) is 0 Å². The molecule has 102 valence electrons. The molecule has 0 saturated heterocycles. The summed E-state index contributed by atoms with van der Waals surface area (Å²) in [4.78, 5) is 12.3. The first-order chi connectivity index (χ1) is 9.65. The van der Waals surface area contributed by atoms with E-state index in [2.05, 4.69) is 0 Å². The number of ketones is 1. The summed E-state index contributed by atoms with van der Waals surface area (Å²) in [6, 6.07) is 11.9. The second kappa shape index (κ2) is 5.35. The topological polar surface area (TPSA) is 35.5 Å². The molecule has 2 aromatic rings. The van der Waals surface area contributed by atoms with Crippen molar-refractivity contribution in [2.75, 3.05) is 6.79 Å². The number of hydrogen-bond donors (Lipinski definition) is 0. The van der Waals surface area contributed by atoms with Crippen molar-refractivity contribution >= 4 is 29.0 Å². The van der Waals surface area contributed by atoms with E-state index in [0.717, 1.165) is 0 Å². The molecule has 3 rings (SSSR count). The molecule has 0 amide bonds. The summed E-state index contributed by atoms with van der Waals surface area (Å²) in [5, 5.41) is -0.193. The monoisotopic (exact) mass is 308 g/mol. The molecule has 5 heteroatoms. The van der Waals surface area contributed by atoms with E-state index in [1.54, 1.807) is 42.5 Å². The second-order valence-electron chi connectivity index (χ2n) is 4.35. The van der Waals surface area contributed by atoms with Gasteiger partial charge in [-0.1, -0.05) is 17.7 Å². The fourth-order valence-corrected chi connectivity index (χ4v) is 2.37. The Kier molecular flexibility index (Phi) is 3.55. The standard InChI is InChI=1S/C15H10Cl2O3/c16-11-4-1-9(2-5-11)15(18)14(17)10-3-6-12-13(7-10)20-8-19-12/h1-7,14H,8H2. The van der Waals surface area contributed by atoms with E-state index in [0.29, 0.717) is 27.6 Å². The van der Waals surface area contributed by atoms with Crippen molar-refractivity contribution in [3.8, 4) is 11.5 Å². The normalized spacial score (nSPS) is 14.1.